The Bertz CT molecular complexity index is 231. The number of aromatic nitrogens is 1. The second-order valence-electron chi connectivity index (χ2n) is 3.19. The van der Waals surface area contributed by atoms with Crippen molar-refractivity contribution in [2.45, 2.75) is 19.9 Å². The largest absolute Gasteiger partial charge is 1.00 e. The molecule has 0 saturated heterocycles. The van der Waals surface area contributed by atoms with Crippen molar-refractivity contribution < 1.29 is 21.5 Å². The third-order valence-electron chi connectivity index (χ3n) is 1.87. The van der Waals surface area contributed by atoms with E-state index in [1.807, 2.05) is 0 Å². The van der Waals surface area contributed by atoms with Crippen molar-refractivity contribution in [2.24, 2.45) is 0 Å². The van der Waals surface area contributed by atoms with E-state index in [0.29, 0.717) is 0 Å². The molecular formula is C10H17BrN2. The lowest BCUT2D eigenvalue weighted by Gasteiger charge is -2.10. The summed E-state index contributed by atoms with van der Waals surface area (Å²) in [6, 6.07) is 4.27. The molecule has 2 nitrogen and oxygen atoms in total. The Kier molecular flexibility index (Phi) is 5.71. The molecule has 1 heterocycles. The minimum absolute atomic E-state index is 0. The fraction of sp³-hybridized carbons (Fsp3) is 0.500. The Morgan fingerprint density at radius 3 is 2.15 bits per heavy atom. The highest BCUT2D eigenvalue weighted by atomic mass is 79.9. The van der Waals surface area contributed by atoms with Gasteiger partial charge in [0.2, 0.25) is 0 Å². The Labute approximate surface area is 91.0 Å². The maximum Gasteiger partial charge on any atom is 0.170 e. The van der Waals surface area contributed by atoms with E-state index in [2.05, 4.69) is 55.0 Å². The molecule has 13 heavy (non-hydrogen) atoms. The number of pyridine rings is 1. The Balaban J connectivity index is 0.00000144. The topological polar surface area (TPSA) is 7.12 Å². The van der Waals surface area contributed by atoms with Crippen molar-refractivity contribution in [1.82, 2.24) is 0 Å². The molecule has 0 aliphatic rings. The molecule has 0 aromatic carbocycles. The van der Waals surface area contributed by atoms with Gasteiger partial charge in [-0.15, -0.1) is 0 Å². The van der Waals surface area contributed by atoms with E-state index in [4.69, 9.17) is 0 Å². The van der Waals surface area contributed by atoms with Gasteiger partial charge in [-0.2, -0.15) is 0 Å². The lowest BCUT2D eigenvalue weighted by Crippen LogP contribution is -3.00. The lowest BCUT2D eigenvalue weighted by molar-refractivity contribution is -0.696. The van der Waals surface area contributed by atoms with Crippen molar-refractivity contribution in [1.29, 1.82) is 0 Å². The van der Waals surface area contributed by atoms with E-state index in [1.165, 1.54) is 12.1 Å². The molecule has 1 rings (SSSR count). The number of aryl methyl sites for hydroxylation is 1. The third-order valence-corrected chi connectivity index (χ3v) is 1.87. The molecule has 0 amide bonds. The summed E-state index contributed by atoms with van der Waals surface area (Å²) in [5, 5.41) is 0. The second-order valence-corrected chi connectivity index (χ2v) is 3.19. The molecule has 1 aromatic heterocycles. The van der Waals surface area contributed by atoms with Crippen molar-refractivity contribution in [3.05, 3.63) is 24.5 Å². The quantitative estimate of drug-likeness (QED) is 0.585. The maximum atomic E-state index is 2.20. The van der Waals surface area contributed by atoms with Crippen LogP contribution >= 0.6 is 0 Å². The summed E-state index contributed by atoms with van der Waals surface area (Å²) < 4.78 is 2.20. The molecule has 1 aromatic rings. The van der Waals surface area contributed by atoms with Crippen LogP contribution in [-0.2, 0) is 6.54 Å². The molecule has 0 unspecified atom stereocenters. The first-order valence-electron chi connectivity index (χ1n) is 4.40. The fourth-order valence-electron chi connectivity index (χ4n) is 1.15. The van der Waals surface area contributed by atoms with E-state index in [9.17, 15) is 0 Å². The van der Waals surface area contributed by atoms with Gasteiger partial charge >= 0.3 is 0 Å². The molecule has 0 fully saturated rings. The van der Waals surface area contributed by atoms with Gasteiger partial charge in [-0.3, -0.25) is 0 Å². The normalized spacial score (nSPS) is 9.15. The van der Waals surface area contributed by atoms with Crippen LogP contribution in [0.1, 0.15) is 13.3 Å². The predicted octanol–water partition coefficient (Wildman–Crippen LogP) is -1.55. The minimum Gasteiger partial charge on any atom is -1.00 e. The fourth-order valence-corrected chi connectivity index (χ4v) is 1.15. The van der Waals surface area contributed by atoms with Gasteiger partial charge in [0, 0.05) is 38.3 Å². The Hall–Kier alpha value is -0.570. The van der Waals surface area contributed by atoms with Crippen LogP contribution < -0.4 is 26.4 Å². The van der Waals surface area contributed by atoms with Gasteiger partial charge in [-0.25, -0.2) is 4.57 Å². The summed E-state index contributed by atoms with van der Waals surface area (Å²) >= 11 is 0. The molecule has 0 aliphatic carbocycles. The van der Waals surface area contributed by atoms with Crippen molar-refractivity contribution in [3.8, 4) is 0 Å². The van der Waals surface area contributed by atoms with Gasteiger partial charge in [0.15, 0.2) is 12.4 Å². The highest BCUT2D eigenvalue weighted by Gasteiger charge is 1.99. The van der Waals surface area contributed by atoms with Gasteiger partial charge < -0.3 is 21.9 Å². The molecule has 0 aliphatic heterocycles. The number of anilines is 1. The zero-order valence-corrected chi connectivity index (χ0v) is 10.1. The number of hydrogen-bond acceptors (Lipinski definition) is 1. The first kappa shape index (κ1) is 12.4. The first-order valence-corrected chi connectivity index (χ1v) is 4.40. The summed E-state index contributed by atoms with van der Waals surface area (Å²) in [5.74, 6) is 0. The molecule has 0 radical (unpaired) electrons. The van der Waals surface area contributed by atoms with Crippen LogP contribution in [0.5, 0.6) is 0 Å². The Morgan fingerprint density at radius 2 is 1.77 bits per heavy atom. The van der Waals surface area contributed by atoms with Gasteiger partial charge in [-0.05, 0) is 0 Å². The smallest absolute Gasteiger partial charge is 0.170 e. The van der Waals surface area contributed by atoms with Crippen molar-refractivity contribution in [2.75, 3.05) is 19.0 Å². The summed E-state index contributed by atoms with van der Waals surface area (Å²) in [4.78, 5) is 2.11. The van der Waals surface area contributed by atoms with Crippen LogP contribution in [0, 0.1) is 0 Å². The highest BCUT2D eigenvalue weighted by Crippen LogP contribution is 2.05. The minimum atomic E-state index is 0. The van der Waals surface area contributed by atoms with E-state index in [-0.39, 0.29) is 17.0 Å². The summed E-state index contributed by atoms with van der Waals surface area (Å²) in [6.45, 7) is 3.29. The zero-order valence-electron chi connectivity index (χ0n) is 8.50. The summed E-state index contributed by atoms with van der Waals surface area (Å²) in [5.41, 5.74) is 1.25. The van der Waals surface area contributed by atoms with E-state index >= 15 is 0 Å². The van der Waals surface area contributed by atoms with Gasteiger partial charge in [0.1, 0.15) is 6.54 Å². The highest BCUT2D eigenvalue weighted by molar-refractivity contribution is 5.41. The van der Waals surface area contributed by atoms with Gasteiger partial charge in [0.05, 0.1) is 0 Å². The number of nitrogens with zero attached hydrogens (tertiary/aromatic N) is 2. The van der Waals surface area contributed by atoms with Crippen LogP contribution in [0.2, 0.25) is 0 Å². The zero-order chi connectivity index (χ0) is 8.97. The second kappa shape index (κ2) is 5.97. The molecule has 0 saturated carbocycles. The molecule has 74 valence electrons. The van der Waals surface area contributed by atoms with Gasteiger partial charge in [0.25, 0.3) is 0 Å². The molecule has 0 spiro atoms. The van der Waals surface area contributed by atoms with Crippen LogP contribution in [0.3, 0.4) is 0 Å². The number of rotatable bonds is 3. The van der Waals surface area contributed by atoms with Crippen LogP contribution in [0.4, 0.5) is 5.69 Å². The number of halogens is 1. The Morgan fingerprint density at radius 1 is 1.23 bits per heavy atom. The van der Waals surface area contributed by atoms with Crippen LogP contribution in [-0.4, -0.2) is 14.1 Å². The standard InChI is InChI=1S/C10H17N2.BrH/c1-4-7-12-8-5-10(6-9-12)11(2)3;/h5-6,8-9H,4,7H2,1-3H3;1H/q+1;/p-1. The molecule has 0 atom stereocenters. The first-order chi connectivity index (χ1) is 5.74. The molecule has 0 N–H and O–H groups in total. The molecular weight excluding hydrogens is 228 g/mol. The van der Waals surface area contributed by atoms with E-state index in [1.54, 1.807) is 0 Å². The monoisotopic (exact) mass is 244 g/mol. The molecule has 0 bridgehead atoms. The SMILES string of the molecule is CCC[n+]1ccc(N(C)C)cc1.[Br-]. The van der Waals surface area contributed by atoms with Crippen molar-refractivity contribution in [3.63, 3.8) is 0 Å². The molecule has 3 heteroatoms. The number of hydrogen-bond donors (Lipinski definition) is 0. The van der Waals surface area contributed by atoms with Crippen LogP contribution in [0.15, 0.2) is 24.5 Å². The average Bonchev–Trinajstić information content (AvgIpc) is 2.06. The predicted molar refractivity (Wildman–Crippen MR) is 51.3 cm³/mol. The van der Waals surface area contributed by atoms with Gasteiger partial charge in [-0.1, -0.05) is 6.92 Å². The summed E-state index contributed by atoms with van der Waals surface area (Å²) in [6.07, 6.45) is 5.43. The van der Waals surface area contributed by atoms with E-state index in [0.717, 1.165) is 6.54 Å². The summed E-state index contributed by atoms with van der Waals surface area (Å²) in [7, 11) is 4.11. The lowest BCUT2D eigenvalue weighted by atomic mass is 10.3. The average molecular weight is 245 g/mol. The van der Waals surface area contributed by atoms with Crippen molar-refractivity contribution >= 4 is 5.69 Å². The van der Waals surface area contributed by atoms with E-state index < -0.39 is 0 Å². The third kappa shape index (κ3) is 3.77. The van der Waals surface area contributed by atoms with Crippen LogP contribution in [0.25, 0.3) is 0 Å². The maximum absolute atomic E-state index is 2.20.